The highest BCUT2D eigenvalue weighted by molar-refractivity contribution is 6.24. The van der Waals surface area contributed by atoms with Crippen molar-refractivity contribution >= 4 is 43.5 Å². The van der Waals surface area contributed by atoms with E-state index in [-0.39, 0.29) is 29.7 Å². The van der Waals surface area contributed by atoms with Crippen LogP contribution in [0.1, 0.15) is 6.85 Å². The second kappa shape index (κ2) is 10.4. The first kappa shape index (κ1) is 20.9. The number of fused-ring (bicyclic) bond motifs is 5. The number of hydrogen-bond donors (Lipinski definition) is 0. The average Bonchev–Trinajstić information content (AvgIpc) is 3.54. The lowest BCUT2D eigenvalue weighted by atomic mass is 9.83. The number of benzene rings is 8. The van der Waals surface area contributed by atoms with Crippen LogP contribution >= 0.6 is 0 Å². The van der Waals surface area contributed by atoms with Crippen LogP contribution in [0.3, 0.4) is 0 Å². The number of furan rings is 1. The largest absolute Gasteiger partial charge is 0.455 e. The minimum absolute atomic E-state index is 0.190. The minimum atomic E-state index is -0.400. The normalized spacial score (nSPS) is 13.1. The van der Waals surface area contributed by atoms with Gasteiger partial charge in [-0.1, -0.05) is 152 Å². The van der Waals surface area contributed by atoms with Gasteiger partial charge in [0.25, 0.3) is 0 Å². The molecule has 0 aliphatic carbocycles. The van der Waals surface area contributed by atoms with Crippen LogP contribution in [0.25, 0.3) is 88.0 Å². The molecule has 0 spiro atoms. The third kappa shape index (κ3) is 4.09. The highest BCUT2D eigenvalue weighted by Gasteiger charge is 2.22. The summed E-state index contributed by atoms with van der Waals surface area (Å²) >= 11 is 0. The molecule has 210 valence electrons. The molecule has 9 rings (SSSR count). The molecule has 45 heavy (non-hydrogen) atoms. The van der Waals surface area contributed by atoms with E-state index >= 15 is 0 Å². The van der Waals surface area contributed by atoms with Gasteiger partial charge in [-0.2, -0.15) is 0 Å². The monoisotopic (exact) mass is 577 g/mol. The molecule has 0 bridgehead atoms. The van der Waals surface area contributed by atoms with E-state index in [1.165, 1.54) is 0 Å². The molecular weight excluding hydrogens is 544 g/mol. The molecule has 9 aromatic rings. The van der Waals surface area contributed by atoms with Crippen molar-refractivity contribution in [3.05, 3.63) is 170 Å². The van der Waals surface area contributed by atoms with Crippen molar-refractivity contribution in [3.8, 4) is 44.5 Å². The second-order valence-corrected chi connectivity index (χ2v) is 11.3. The Labute approximate surface area is 268 Å². The Bertz CT molecular complexity index is 2730. The Kier molecular flexibility index (Phi) is 4.81. The van der Waals surface area contributed by atoms with Crippen molar-refractivity contribution in [2.45, 2.75) is 0 Å². The fourth-order valence-corrected chi connectivity index (χ4v) is 6.84. The summed E-state index contributed by atoms with van der Waals surface area (Å²) in [5, 5.41) is 6.38. The van der Waals surface area contributed by atoms with E-state index in [0.29, 0.717) is 5.56 Å². The Hall–Kier alpha value is -5.92. The molecule has 0 saturated heterocycles. The van der Waals surface area contributed by atoms with E-state index < -0.39 is 6.04 Å². The van der Waals surface area contributed by atoms with E-state index in [4.69, 9.17) is 11.3 Å². The van der Waals surface area contributed by atoms with Crippen LogP contribution in [0, 0.1) is 0 Å². The van der Waals surface area contributed by atoms with Crippen molar-refractivity contribution in [1.29, 1.82) is 0 Å². The highest BCUT2D eigenvalue weighted by atomic mass is 16.3. The van der Waals surface area contributed by atoms with Crippen molar-refractivity contribution in [1.82, 2.24) is 0 Å². The first-order valence-electron chi connectivity index (χ1n) is 17.5. The summed E-state index contributed by atoms with van der Waals surface area (Å²) in [6, 6.07) is 46.0. The van der Waals surface area contributed by atoms with Gasteiger partial charge in [0.2, 0.25) is 0 Å². The standard InChI is InChI=1S/C44H28O/c1-3-14-29(15-4-1)31-18-13-19-32(28-31)41-34-21-7-9-23-36(34)43(37-24-10-8-22-35(37)41)39-27-26-38-33-20-11-12-25-40(33)45-44(38)42(39)30-16-5-2-6-17-30/h1-28H/i1D,3D,4D,14D,15D. The maximum Gasteiger partial charge on any atom is 0.143 e. The van der Waals surface area contributed by atoms with E-state index in [1.807, 2.05) is 60.7 Å². The summed E-state index contributed by atoms with van der Waals surface area (Å²) in [4.78, 5) is 0. The summed E-state index contributed by atoms with van der Waals surface area (Å²) in [7, 11) is 0. The molecule has 0 aliphatic heterocycles. The minimum Gasteiger partial charge on any atom is -0.455 e. The molecule has 1 aromatic heterocycles. The van der Waals surface area contributed by atoms with Crippen LogP contribution in [0.2, 0.25) is 0 Å². The zero-order valence-electron chi connectivity index (χ0n) is 29.2. The summed E-state index contributed by atoms with van der Waals surface area (Å²) < 4.78 is 48.6. The molecule has 0 amide bonds. The maximum absolute atomic E-state index is 8.64. The van der Waals surface area contributed by atoms with Crippen molar-refractivity contribution < 1.29 is 11.3 Å². The Morgan fingerprint density at radius 3 is 1.67 bits per heavy atom. The van der Waals surface area contributed by atoms with Crippen LogP contribution in [0.15, 0.2) is 174 Å². The topological polar surface area (TPSA) is 13.1 Å². The molecule has 1 nitrogen and oxygen atoms in total. The van der Waals surface area contributed by atoms with Crippen LogP contribution in [-0.4, -0.2) is 0 Å². The third-order valence-electron chi connectivity index (χ3n) is 8.75. The third-order valence-corrected chi connectivity index (χ3v) is 8.75. The summed E-state index contributed by atoms with van der Waals surface area (Å²) in [6.45, 7) is 0. The summed E-state index contributed by atoms with van der Waals surface area (Å²) in [5.74, 6) is 0. The van der Waals surface area contributed by atoms with Gasteiger partial charge >= 0.3 is 0 Å². The molecule has 0 aliphatic rings. The van der Waals surface area contributed by atoms with Crippen LogP contribution in [0.5, 0.6) is 0 Å². The van der Waals surface area contributed by atoms with Gasteiger partial charge in [-0.15, -0.1) is 0 Å². The molecule has 0 saturated carbocycles. The van der Waals surface area contributed by atoms with Crippen molar-refractivity contribution in [2.75, 3.05) is 0 Å². The molecule has 0 atom stereocenters. The SMILES string of the molecule is [2H]c1c([2H])c([2H])c(-c2cccc(-c3c4ccccc4c(-c4ccc5c(oc6ccccc65)c4-c4ccccc4)c4ccccc34)c2)c([2H])c1[2H]. The van der Waals surface area contributed by atoms with E-state index in [1.54, 1.807) is 0 Å². The Balaban J connectivity index is 1.37. The van der Waals surface area contributed by atoms with E-state index in [0.717, 1.165) is 76.9 Å². The number of para-hydroxylation sites is 1. The van der Waals surface area contributed by atoms with Gasteiger partial charge < -0.3 is 4.42 Å². The number of hydrogen-bond acceptors (Lipinski definition) is 1. The average molecular weight is 578 g/mol. The van der Waals surface area contributed by atoms with Gasteiger partial charge in [-0.05, 0) is 78.7 Å². The first-order valence-corrected chi connectivity index (χ1v) is 15.0. The van der Waals surface area contributed by atoms with Crippen LogP contribution in [0.4, 0.5) is 0 Å². The van der Waals surface area contributed by atoms with E-state index in [2.05, 4.69) is 78.9 Å². The fourth-order valence-electron chi connectivity index (χ4n) is 6.84. The fraction of sp³-hybridized carbons (Fsp3) is 0. The lowest BCUT2D eigenvalue weighted by Crippen LogP contribution is -1.93. The zero-order valence-corrected chi connectivity index (χ0v) is 24.2. The quantitative estimate of drug-likeness (QED) is 0.190. The molecule has 1 heterocycles. The van der Waals surface area contributed by atoms with Gasteiger partial charge in [-0.3, -0.25) is 0 Å². The smallest absolute Gasteiger partial charge is 0.143 e. The number of rotatable bonds is 4. The highest BCUT2D eigenvalue weighted by Crippen LogP contribution is 2.49. The van der Waals surface area contributed by atoms with Gasteiger partial charge in [-0.25, -0.2) is 0 Å². The first-order chi connectivity index (χ1) is 24.4. The molecule has 0 N–H and O–H groups in total. The summed E-state index contributed by atoms with van der Waals surface area (Å²) in [5.41, 5.74) is 8.62. The van der Waals surface area contributed by atoms with Crippen molar-refractivity contribution in [3.63, 3.8) is 0 Å². The lowest BCUT2D eigenvalue weighted by molar-refractivity contribution is 0.670. The van der Waals surface area contributed by atoms with Gasteiger partial charge in [0, 0.05) is 16.3 Å². The molecular formula is C44H28O. The zero-order chi connectivity index (χ0) is 34.1. The summed E-state index contributed by atoms with van der Waals surface area (Å²) in [6.07, 6.45) is 0. The van der Waals surface area contributed by atoms with Gasteiger partial charge in [0.1, 0.15) is 11.2 Å². The predicted octanol–water partition coefficient (Wildman–Crippen LogP) is 12.6. The van der Waals surface area contributed by atoms with Crippen molar-refractivity contribution in [2.24, 2.45) is 0 Å². The Morgan fingerprint density at radius 1 is 0.378 bits per heavy atom. The maximum atomic E-state index is 8.64. The molecule has 0 unspecified atom stereocenters. The van der Waals surface area contributed by atoms with Crippen LogP contribution in [-0.2, 0) is 0 Å². The lowest BCUT2D eigenvalue weighted by Gasteiger charge is -2.20. The molecule has 8 aromatic carbocycles. The Morgan fingerprint density at radius 2 is 0.956 bits per heavy atom. The molecule has 0 fully saturated rings. The van der Waals surface area contributed by atoms with Gasteiger partial charge in [0.15, 0.2) is 0 Å². The predicted molar refractivity (Wildman–Crippen MR) is 190 cm³/mol. The molecule has 1 heteroatoms. The van der Waals surface area contributed by atoms with Crippen LogP contribution < -0.4 is 0 Å². The second-order valence-electron chi connectivity index (χ2n) is 11.3. The molecule has 0 radical (unpaired) electrons. The van der Waals surface area contributed by atoms with Gasteiger partial charge in [0.05, 0.1) is 6.85 Å². The van der Waals surface area contributed by atoms with E-state index in [9.17, 15) is 0 Å².